The third-order valence-corrected chi connectivity index (χ3v) is 8.67. The first-order chi connectivity index (χ1) is 10.6. The van der Waals surface area contributed by atoms with Crippen LogP contribution in [-0.4, -0.2) is 21.3 Å². The molecule has 0 fully saturated rings. The van der Waals surface area contributed by atoms with Gasteiger partial charge in [-0.2, -0.15) is 0 Å². The van der Waals surface area contributed by atoms with Crippen molar-refractivity contribution >= 4 is 0 Å². The molecule has 0 aliphatic heterocycles. The first kappa shape index (κ1) is 15.6. The molecule has 2 aromatic carbocycles. The Balaban J connectivity index is 2.31. The fourth-order valence-corrected chi connectivity index (χ4v) is 7.62. The molecule has 115 valence electrons. The SMILES string of the molecule is COc1ccc2c(c1)[CH]([Zr]([CH3])[CH3])c1ccc(OC)c(OC)c1-2. The van der Waals surface area contributed by atoms with Crippen molar-refractivity contribution in [1.29, 1.82) is 0 Å². The molecule has 22 heavy (non-hydrogen) atoms. The van der Waals surface area contributed by atoms with Crippen LogP contribution >= 0.6 is 0 Å². The molecular weight excluding hydrogens is 355 g/mol. The number of hydrogen-bond donors (Lipinski definition) is 0. The van der Waals surface area contributed by atoms with Crippen LogP contribution in [0.3, 0.4) is 0 Å². The van der Waals surface area contributed by atoms with E-state index in [2.05, 4.69) is 27.5 Å². The van der Waals surface area contributed by atoms with Crippen molar-refractivity contribution in [3.8, 4) is 28.4 Å². The van der Waals surface area contributed by atoms with E-state index in [1.165, 1.54) is 22.3 Å². The van der Waals surface area contributed by atoms with Gasteiger partial charge in [0, 0.05) is 0 Å². The maximum absolute atomic E-state index is 5.69. The average Bonchev–Trinajstić information content (AvgIpc) is 2.87. The van der Waals surface area contributed by atoms with Crippen LogP contribution in [0.15, 0.2) is 30.3 Å². The molecule has 0 amide bonds. The molecule has 0 heterocycles. The van der Waals surface area contributed by atoms with Gasteiger partial charge in [-0.25, -0.2) is 0 Å². The van der Waals surface area contributed by atoms with Crippen molar-refractivity contribution in [2.24, 2.45) is 0 Å². The number of fused-ring (bicyclic) bond motifs is 3. The molecule has 0 radical (unpaired) electrons. The first-order valence-electron chi connectivity index (χ1n) is 7.35. The molecule has 1 aliphatic carbocycles. The molecule has 0 bridgehead atoms. The fourth-order valence-electron chi connectivity index (χ4n) is 3.38. The Labute approximate surface area is 139 Å². The second-order valence-electron chi connectivity index (χ2n) is 5.73. The summed E-state index contributed by atoms with van der Waals surface area (Å²) in [7, 11) is 5.12. The minimum absolute atomic E-state index is 0.544. The van der Waals surface area contributed by atoms with Gasteiger partial charge in [0.1, 0.15) is 0 Å². The van der Waals surface area contributed by atoms with Crippen LogP contribution < -0.4 is 14.2 Å². The van der Waals surface area contributed by atoms with Crippen molar-refractivity contribution in [2.45, 2.75) is 12.9 Å². The molecule has 3 nitrogen and oxygen atoms in total. The van der Waals surface area contributed by atoms with Crippen molar-refractivity contribution in [3.63, 3.8) is 0 Å². The normalized spacial score (nSPS) is 15.0. The van der Waals surface area contributed by atoms with Crippen molar-refractivity contribution in [2.75, 3.05) is 21.3 Å². The molecule has 4 heteroatoms. The predicted molar refractivity (Wildman–Crippen MR) is 85.1 cm³/mol. The van der Waals surface area contributed by atoms with Gasteiger partial charge in [0.25, 0.3) is 0 Å². The Hall–Kier alpha value is -1.28. The van der Waals surface area contributed by atoms with Crippen LogP contribution in [0, 0.1) is 0 Å². The Kier molecular flexibility index (Phi) is 4.31. The van der Waals surface area contributed by atoms with E-state index in [1.807, 2.05) is 12.1 Å². The monoisotopic (exact) mass is 375 g/mol. The van der Waals surface area contributed by atoms with Gasteiger partial charge in [-0.3, -0.25) is 0 Å². The van der Waals surface area contributed by atoms with Gasteiger partial charge in [0.2, 0.25) is 0 Å². The molecule has 0 spiro atoms. The van der Waals surface area contributed by atoms with Gasteiger partial charge in [0.05, 0.1) is 0 Å². The molecule has 1 atom stereocenters. The van der Waals surface area contributed by atoms with Gasteiger partial charge in [-0.15, -0.1) is 0 Å². The van der Waals surface area contributed by atoms with Crippen LogP contribution in [0.2, 0.25) is 9.26 Å². The third-order valence-electron chi connectivity index (χ3n) is 4.31. The van der Waals surface area contributed by atoms with Crippen LogP contribution in [0.1, 0.15) is 14.8 Å². The molecule has 0 saturated carbocycles. The summed E-state index contributed by atoms with van der Waals surface area (Å²) in [6.07, 6.45) is 0. The summed E-state index contributed by atoms with van der Waals surface area (Å²) in [4.78, 5) is 0. The van der Waals surface area contributed by atoms with Crippen molar-refractivity contribution in [1.82, 2.24) is 0 Å². The second kappa shape index (κ2) is 6.08. The molecule has 0 saturated heterocycles. The van der Waals surface area contributed by atoms with E-state index in [0.717, 1.165) is 17.2 Å². The minimum atomic E-state index is -1.53. The first-order valence-corrected chi connectivity index (χ1v) is 13.7. The van der Waals surface area contributed by atoms with Crippen LogP contribution in [0.25, 0.3) is 11.1 Å². The summed E-state index contributed by atoms with van der Waals surface area (Å²) < 4.78 is 22.0. The summed E-state index contributed by atoms with van der Waals surface area (Å²) in [5.74, 6) is 2.56. The van der Waals surface area contributed by atoms with E-state index in [0.29, 0.717) is 3.63 Å². The molecule has 3 rings (SSSR count). The number of benzene rings is 2. The number of hydrogen-bond acceptors (Lipinski definition) is 3. The average molecular weight is 377 g/mol. The number of methoxy groups -OCH3 is 3. The van der Waals surface area contributed by atoms with E-state index in [9.17, 15) is 0 Å². The zero-order chi connectivity index (χ0) is 15.9. The fraction of sp³-hybridized carbons (Fsp3) is 0.333. The van der Waals surface area contributed by atoms with Crippen LogP contribution in [0.4, 0.5) is 0 Å². The Morgan fingerprint density at radius 1 is 0.864 bits per heavy atom. The van der Waals surface area contributed by atoms with E-state index in [1.54, 1.807) is 21.3 Å². The van der Waals surface area contributed by atoms with E-state index < -0.39 is 21.8 Å². The maximum atomic E-state index is 5.69. The van der Waals surface area contributed by atoms with Gasteiger partial charge in [-0.05, 0) is 0 Å². The van der Waals surface area contributed by atoms with E-state index >= 15 is 0 Å². The van der Waals surface area contributed by atoms with Gasteiger partial charge < -0.3 is 0 Å². The van der Waals surface area contributed by atoms with Crippen LogP contribution in [0.5, 0.6) is 17.2 Å². The van der Waals surface area contributed by atoms with Crippen molar-refractivity contribution < 1.29 is 36.0 Å². The molecule has 1 unspecified atom stereocenters. The van der Waals surface area contributed by atoms with Crippen molar-refractivity contribution in [3.05, 3.63) is 41.5 Å². The second-order valence-corrected chi connectivity index (χ2v) is 12.4. The standard InChI is InChI=1S/C16H15O3.2CH3.Zr/c1-17-12-5-6-13-11(9-12)8-10-4-7-14(18-2)16(19-3)15(10)13;;;/h4-9H,1-3H3;2*1H3;. The van der Waals surface area contributed by atoms with Crippen LogP contribution in [-0.2, 0) is 21.8 Å². The zero-order valence-corrected chi connectivity index (χ0v) is 16.1. The molecule has 2 aromatic rings. The number of ether oxygens (including phenoxy) is 3. The Bertz CT molecular complexity index is 710. The Morgan fingerprint density at radius 2 is 1.64 bits per heavy atom. The summed E-state index contributed by atoms with van der Waals surface area (Å²) in [5.41, 5.74) is 5.24. The topological polar surface area (TPSA) is 27.7 Å². The molecule has 0 aromatic heterocycles. The summed E-state index contributed by atoms with van der Waals surface area (Å²) in [5, 5.41) is 0. The summed E-state index contributed by atoms with van der Waals surface area (Å²) in [6, 6.07) is 10.6. The molecule has 0 N–H and O–H groups in total. The zero-order valence-electron chi connectivity index (χ0n) is 13.7. The Morgan fingerprint density at radius 3 is 2.23 bits per heavy atom. The summed E-state index contributed by atoms with van der Waals surface area (Å²) in [6.45, 7) is 0. The van der Waals surface area contributed by atoms with E-state index in [4.69, 9.17) is 14.2 Å². The third kappa shape index (κ3) is 2.29. The summed E-state index contributed by atoms with van der Waals surface area (Å²) >= 11 is -1.53. The predicted octanol–water partition coefficient (Wildman–Crippen LogP) is 4.50. The molecular formula is C18H21O3Zr. The molecule has 1 aliphatic rings. The van der Waals surface area contributed by atoms with Gasteiger partial charge in [0.15, 0.2) is 0 Å². The number of rotatable bonds is 4. The van der Waals surface area contributed by atoms with Gasteiger partial charge in [-0.1, -0.05) is 0 Å². The van der Waals surface area contributed by atoms with E-state index in [-0.39, 0.29) is 0 Å². The van der Waals surface area contributed by atoms with Gasteiger partial charge >= 0.3 is 140 Å². The quantitative estimate of drug-likeness (QED) is 0.786.